The summed E-state index contributed by atoms with van der Waals surface area (Å²) in [7, 11) is 0. The fourth-order valence-corrected chi connectivity index (χ4v) is 2.59. The molecule has 1 atom stereocenters. The molecule has 0 aromatic heterocycles. The van der Waals surface area contributed by atoms with Gasteiger partial charge in [0.15, 0.2) is 0 Å². The lowest BCUT2D eigenvalue weighted by Gasteiger charge is -2.14. The van der Waals surface area contributed by atoms with Gasteiger partial charge in [0, 0.05) is 23.4 Å². The van der Waals surface area contributed by atoms with Gasteiger partial charge in [-0.05, 0) is 55.2 Å². The van der Waals surface area contributed by atoms with Gasteiger partial charge in [-0.3, -0.25) is 10.1 Å². The first-order valence-corrected chi connectivity index (χ1v) is 8.19. The Balaban J connectivity index is 1.94. The second-order valence-electron chi connectivity index (χ2n) is 6.06. The highest BCUT2D eigenvalue weighted by molar-refractivity contribution is 5.74. The van der Waals surface area contributed by atoms with Gasteiger partial charge in [-0.25, -0.2) is 4.39 Å². The molecule has 1 unspecified atom stereocenters. The molecular weight excluding hydrogens is 317 g/mol. The minimum Gasteiger partial charge on any atom is -0.398 e. The Morgan fingerprint density at radius 3 is 2.48 bits per heavy atom. The Morgan fingerprint density at radius 1 is 1.16 bits per heavy atom. The van der Waals surface area contributed by atoms with Crippen LogP contribution in [0, 0.1) is 19.7 Å². The average Bonchev–Trinajstić information content (AvgIpc) is 2.60. The van der Waals surface area contributed by atoms with Crippen LogP contribution in [-0.4, -0.2) is 19.0 Å². The predicted molar refractivity (Wildman–Crippen MR) is 99.6 cm³/mol. The second-order valence-corrected chi connectivity index (χ2v) is 6.06. The second kappa shape index (κ2) is 8.55. The van der Waals surface area contributed by atoms with E-state index in [0.717, 1.165) is 29.4 Å². The minimum atomic E-state index is -0.404. The summed E-state index contributed by atoms with van der Waals surface area (Å²) in [6.07, 6.45) is 2.94. The van der Waals surface area contributed by atoms with Gasteiger partial charge < -0.3 is 11.5 Å². The fraction of sp³-hybridized carbons (Fsp3) is 0.250. The number of benzene rings is 2. The molecule has 2 aromatic carbocycles. The molecule has 0 radical (unpaired) electrons. The van der Waals surface area contributed by atoms with Crippen molar-refractivity contribution in [3.8, 4) is 0 Å². The molecule has 132 valence electrons. The zero-order valence-corrected chi connectivity index (χ0v) is 14.6. The molecule has 5 N–H and O–H groups in total. The number of nitrogens with one attached hydrogen (secondary N) is 1. The average molecular weight is 341 g/mol. The van der Waals surface area contributed by atoms with Gasteiger partial charge in [-0.15, -0.1) is 0 Å². The Bertz CT molecular complexity index is 769. The van der Waals surface area contributed by atoms with Crippen molar-refractivity contribution in [2.24, 2.45) is 11.5 Å². The van der Waals surface area contributed by atoms with Crippen LogP contribution in [0.4, 0.5) is 4.39 Å². The molecule has 0 aliphatic heterocycles. The largest absolute Gasteiger partial charge is 0.398 e. The highest BCUT2D eigenvalue weighted by Crippen LogP contribution is 2.20. The molecule has 25 heavy (non-hydrogen) atoms. The van der Waals surface area contributed by atoms with Crippen LogP contribution in [0.3, 0.4) is 0 Å². The van der Waals surface area contributed by atoms with E-state index in [9.17, 15) is 9.18 Å². The van der Waals surface area contributed by atoms with Crippen molar-refractivity contribution < 1.29 is 9.18 Å². The van der Waals surface area contributed by atoms with Crippen LogP contribution in [0.15, 0.2) is 42.5 Å². The Labute approximate surface area is 147 Å². The van der Waals surface area contributed by atoms with Crippen LogP contribution in [-0.2, 0) is 6.42 Å². The number of halogens is 1. The first kappa shape index (κ1) is 18.8. The maximum atomic E-state index is 13.5. The van der Waals surface area contributed by atoms with E-state index in [1.54, 1.807) is 31.2 Å². The van der Waals surface area contributed by atoms with Gasteiger partial charge in [0.1, 0.15) is 12.1 Å². The van der Waals surface area contributed by atoms with Crippen LogP contribution in [0.25, 0.3) is 5.70 Å². The van der Waals surface area contributed by atoms with Crippen molar-refractivity contribution in [2.45, 2.75) is 26.4 Å². The van der Waals surface area contributed by atoms with Crippen molar-refractivity contribution in [3.05, 3.63) is 76.1 Å². The number of carbonyl (C=O) groups is 1. The minimum absolute atomic E-state index is 0.239. The fourth-order valence-electron chi connectivity index (χ4n) is 2.59. The van der Waals surface area contributed by atoms with Gasteiger partial charge in [-0.1, -0.05) is 24.3 Å². The molecule has 2 rings (SSSR count). The Hall–Kier alpha value is -2.50. The van der Waals surface area contributed by atoms with Crippen molar-refractivity contribution in [2.75, 3.05) is 6.54 Å². The zero-order valence-electron chi connectivity index (χ0n) is 14.6. The molecule has 0 heterocycles. The summed E-state index contributed by atoms with van der Waals surface area (Å²) in [4.78, 5) is 10.6. The van der Waals surface area contributed by atoms with Crippen LogP contribution in [0.1, 0.15) is 32.6 Å². The highest BCUT2D eigenvalue weighted by Gasteiger charge is 2.09. The number of carbonyl (C=O) groups excluding carboxylic acids is 1. The number of aldehydes is 1. The lowest BCUT2D eigenvalue weighted by molar-refractivity contribution is 0.112. The summed E-state index contributed by atoms with van der Waals surface area (Å²) in [5.41, 5.74) is 16.7. The molecule has 0 aliphatic rings. The van der Waals surface area contributed by atoms with E-state index < -0.39 is 6.17 Å². The topological polar surface area (TPSA) is 81.1 Å². The van der Waals surface area contributed by atoms with Crippen LogP contribution < -0.4 is 16.8 Å². The molecule has 0 aliphatic carbocycles. The number of hydrogen-bond donors (Lipinski definition) is 3. The monoisotopic (exact) mass is 341 g/mol. The van der Waals surface area contributed by atoms with Gasteiger partial charge in [-0.2, -0.15) is 0 Å². The first-order valence-electron chi connectivity index (χ1n) is 8.19. The number of hydrogen-bond acceptors (Lipinski definition) is 4. The lowest BCUT2D eigenvalue weighted by atomic mass is 10.00. The maximum absolute atomic E-state index is 13.5. The molecule has 5 heteroatoms. The van der Waals surface area contributed by atoms with Crippen LogP contribution in [0.5, 0.6) is 0 Å². The normalized spacial score (nSPS) is 12.9. The molecule has 0 saturated carbocycles. The third-order valence-electron chi connectivity index (χ3n) is 4.30. The van der Waals surface area contributed by atoms with E-state index in [0.29, 0.717) is 23.4 Å². The van der Waals surface area contributed by atoms with Crippen LogP contribution >= 0.6 is 0 Å². The van der Waals surface area contributed by atoms with Crippen molar-refractivity contribution >= 4 is 12.0 Å². The van der Waals surface area contributed by atoms with E-state index in [1.807, 2.05) is 19.1 Å². The quantitative estimate of drug-likeness (QED) is 0.534. The molecular formula is C20H24FN3O. The summed E-state index contributed by atoms with van der Waals surface area (Å²) >= 11 is 0. The summed E-state index contributed by atoms with van der Waals surface area (Å²) in [5.74, 6) is -0.239. The zero-order chi connectivity index (χ0) is 18.4. The van der Waals surface area contributed by atoms with E-state index in [4.69, 9.17) is 11.5 Å². The molecule has 0 fully saturated rings. The van der Waals surface area contributed by atoms with Crippen molar-refractivity contribution in [1.29, 1.82) is 0 Å². The molecule has 0 saturated heterocycles. The number of rotatable bonds is 7. The third kappa shape index (κ3) is 4.98. The van der Waals surface area contributed by atoms with E-state index in [1.165, 1.54) is 6.07 Å². The molecule has 0 spiro atoms. The molecule has 2 aromatic rings. The summed E-state index contributed by atoms with van der Waals surface area (Å²) in [6, 6.07) is 10.5. The Kier molecular flexibility index (Phi) is 6.44. The van der Waals surface area contributed by atoms with E-state index in [2.05, 4.69) is 5.32 Å². The van der Waals surface area contributed by atoms with E-state index in [-0.39, 0.29) is 5.82 Å². The molecule has 0 amide bonds. The third-order valence-corrected chi connectivity index (χ3v) is 4.30. The van der Waals surface area contributed by atoms with Gasteiger partial charge >= 0.3 is 0 Å². The van der Waals surface area contributed by atoms with Crippen LogP contribution in [0.2, 0.25) is 0 Å². The maximum Gasteiger partial charge on any atom is 0.150 e. The smallest absolute Gasteiger partial charge is 0.150 e. The summed E-state index contributed by atoms with van der Waals surface area (Å²) in [6.45, 7) is 4.25. The summed E-state index contributed by atoms with van der Waals surface area (Å²) < 4.78 is 13.5. The van der Waals surface area contributed by atoms with Gasteiger partial charge in [0.2, 0.25) is 0 Å². The molecule has 0 bridgehead atoms. The highest BCUT2D eigenvalue weighted by atomic mass is 19.1. The standard InChI is InChI=1S/C20H24FN3O/c1-13-14(2)18(21)8-7-17(13)19(22)11-20(23)24-10-9-15-3-5-16(12-25)6-4-15/h3-8,11-12,20,24H,9-10,22-23H2,1-2H3/b19-11-. The van der Waals surface area contributed by atoms with Crippen molar-refractivity contribution in [3.63, 3.8) is 0 Å². The van der Waals surface area contributed by atoms with E-state index >= 15 is 0 Å². The predicted octanol–water partition coefficient (Wildman–Crippen LogP) is 2.67. The SMILES string of the molecule is Cc1c(F)ccc(/C(N)=C/C(N)NCCc2ccc(C=O)cc2)c1C. The Morgan fingerprint density at radius 2 is 1.84 bits per heavy atom. The first-order chi connectivity index (χ1) is 11.9. The molecule has 4 nitrogen and oxygen atoms in total. The summed E-state index contributed by atoms with van der Waals surface area (Å²) in [5, 5.41) is 3.18. The van der Waals surface area contributed by atoms with Gasteiger partial charge in [0.05, 0.1) is 6.17 Å². The van der Waals surface area contributed by atoms with Gasteiger partial charge in [0.25, 0.3) is 0 Å². The van der Waals surface area contributed by atoms with Crippen molar-refractivity contribution in [1.82, 2.24) is 5.32 Å². The number of nitrogens with two attached hydrogens (primary N) is 2. The lowest BCUT2D eigenvalue weighted by Crippen LogP contribution is -2.37.